The van der Waals surface area contributed by atoms with Crippen molar-refractivity contribution < 1.29 is 18.8 Å². The van der Waals surface area contributed by atoms with Gasteiger partial charge in [-0.1, -0.05) is 24.6 Å². The number of hydrogen-bond donors (Lipinski definition) is 2. The highest BCUT2D eigenvalue weighted by atomic mass is 19.1. The van der Waals surface area contributed by atoms with E-state index in [0.717, 1.165) is 12.0 Å². The number of nitrogens with zero attached hydrogens (tertiary/aromatic N) is 1. The Bertz CT molecular complexity index is 967. The SMILES string of the molecule is CC[C@H](C)NC(=O)[C@@H](NC(=O)c1ccc(C)cc1)C1CCN(C(=O)c2ccc(F)cc2)CC1. The molecule has 0 unspecified atom stereocenters. The summed E-state index contributed by atoms with van der Waals surface area (Å²) in [5.41, 5.74) is 2.00. The summed E-state index contributed by atoms with van der Waals surface area (Å²) in [6.45, 7) is 6.80. The Kier molecular flexibility index (Phi) is 8.20. The van der Waals surface area contributed by atoms with Crippen LogP contribution in [0.15, 0.2) is 48.5 Å². The van der Waals surface area contributed by atoms with Crippen LogP contribution >= 0.6 is 0 Å². The summed E-state index contributed by atoms with van der Waals surface area (Å²) in [4.78, 5) is 40.4. The standard InChI is InChI=1S/C26H32FN3O3/c1-4-18(3)28-25(32)23(29-24(31)20-7-5-17(2)6-8-20)19-13-15-30(16-14-19)26(33)21-9-11-22(27)12-10-21/h5-12,18-19,23H,4,13-16H2,1-3H3,(H,28,32)(H,29,31)/t18-,23-/m0/s1. The van der Waals surface area contributed by atoms with Gasteiger partial charge in [-0.2, -0.15) is 0 Å². The summed E-state index contributed by atoms with van der Waals surface area (Å²) in [5, 5.41) is 5.93. The third-order valence-corrected chi connectivity index (χ3v) is 6.27. The van der Waals surface area contributed by atoms with Gasteiger partial charge < -0.3 is 15.5 Å². The normalized spacial score (nSPS) is 16.1. The molecule has 0 radical (unpaired) electrons. The average molecular weight is 454 g/mol. The highest BCUT2D eigenvalue weighted by molar-refractivity contribution is 5.98. The summed E-state index contributed by atoms with van der Waals surface area (Å²) in [6.07, 6.45) is 1.95. The van der Waals surface area contributed by atoms with E-state index in [-0.39, 0.29) is 35.5 Å². The molecule has 7 heteroatoms. The molecule has 3 rings (SSSR count). The van der Waals surface area contributed by atoms with Gasteiger partial charge in [-0.05, 0) is 75.4 Å². The Balaban J connectivity index is 1.69. The van der Waals surface area contributed by atoms with Crippen molar-refractivity contribution >= 4 is 17.7 Å². The number of amides is 3. The number of aryl methyl sites for hydroxylation is 1. The number of rotatable bonds is 7. The molecule has 1 fully saturated rings. The molecule has 176 valence electrons. The first-order chi connectivity index (χ1) is 15.8. The van der Waals surface area contributed by atoms with E-state index < -0.39 is 6.04 Å². The summed E-state index contributed by atoms with van der Waals surface area (Å²) >= 11 is 0. The van der Waals surface area contributed by atoms with Crippen molar-refractivity contribution in [1.29, 1.82) is 0 Å². The molecule has 0 spiro atoms. The predicted molar refractivity (Wildman–Crippen MR) is 125 cm³/mol. The molecule has 0 aliphatic carbocycles. The smallest absolute Gasteiger partial charge is 0.253 e. The van der Waals surface area contributed by atoms with E-state index in [0.29, 0.717) is 37.1 Å². The molecule has 3 amide bonds. The molecule has 2 aromatic carbocycles. The van der Waals surface area contributed by atoms with Gasteiger partial charge in [0.05, 0.1) is 0 Å². The molecule has 33 heavy (non-hydrogen) atoms. The van der Waals surface area contributed by atoms with E-state index in [1.165, 1.54) is 24.3 Å². The number of carbonyl (C=O) groups is 3. The molecule has 2 N–H and O–H groups in total. The van der Waals surface area contributed by atoms with Crippen molar-refractivity contribution in [1.82, 2.24) is 15.5 Å². The van der Waals surface area contributed by atoms with Crippen LogP contribution in [0.2, 0.25) is 0 Å². The lowest BCUT2D eigenvalue weighted by Crippen LogP contribution is -2.55. The quantitative estimate of drug-likeness (QED) is 0.671. The van der Waals surface area contributed by atoms with Crippen molar-refractivity contribution in [3.8, 4) is 0 Å². The molecule has 0 aromatic heterocycles. The zero-order chi connectivity index (χ0) is 24.0. The van der Waals surface area contributed by atoms with E-state index in [4.69, 9.17) is 0 Å². The third-order valence-electron chi connectivity index (χ3n) is 6.27. The van der Waals surface area contributed by atoms with Crippen LogP contribution in [-0.2, 0) is 4.79 Å². The predicted octanol–water partition coefficient (Wildman–Crippen LogP) is 3.70. The van der Waals surface area contributed by atoms with Crippen molar-refractivity contribution in [3.05, 3.63) is 71.0 Å². The number of carbonyl (C=O) groups excluding carboxylic acids is 3. The summed E-state index contributed by atoms with van der Waals surface area (Å²) in [6, 6.07) is 12.0. The molecule has 1 heterocycles. The fraction of sp³-hybridized carbons (Fsp3) is 0.423. The van der Waals surface area contributed by atoms with Gasteiger partial charge in [-0.15, -0.1) is 0 Å². The maximum Gasteiger partial charge on any atom is 0.253 e. The lowest BCUT2D eigenvalue weighted by Gasteiger charge is -2.36. The monoisotopic (exact) mass is 453 g/mol. The lowest BCUT2D eigenvalue weighted by atomic mass is 9.88. The Morgan fingerprint density at radius 2 is 1.55 bits per heavy atom. The van der Waals surface area contributed by atoms with Crippen LogP contribution in [0.25, 0.3) is 0 Å². The maximum atomic E-state index is 13.2. The largest absolute Gasteiger partial charge is 0.352 e. The molecule has 2 aromatic rings. The molecular formula is C26H32FN3O3. The maximum absolute atomic E-state index is 13.2. The number of benzene rings is 2. The number of hydrogen-bond acceptors (Lipinski definition) is 3. The van der Waals surface area contributed by atoms with E-state index in [1.807, 2.05) is 32.9 Å². The third kappa shape index (κ3) is 6.40. The van der Waals surface area contributed by atoms with Gasteiger partial charge in [-0.3, -0.25) is 14.4 Å². The number of nitrogens with one attached hydrogen (secondary N) is 2. The van der Waals surface area contributed by atoms with E-state index in [2.05, 4.69) is 10.6 Å². The second-order valence-corrected chi connectivity index (χ2v) is 8.77. The highest BCUT2D eigenvalue weighted by Gasteiger charge is 2.34. The fourth-order valence-electron chi connectivity index (χ4n) is 3.97. The van der Waals surface area contributed by atoms with Gasteiger partial charge in [0, 0.05) is 30.3 Å². The van der Waals surface area contributed by atoms with E-state index in [1.54, 1.807) is 17.0 Å². The number of halogens is 1. The van der Waals surface area contributed by atoms with Crippen LogP contribution in [-0.4, -0.2) is 47.8 Å². The van der Waals surface area contributed by atoms with Gasteiger partial charge in [0.2, 0.25) is 5.91 Å². The van der Waals surface area contributed by atoms with Gasteiger partial charge in [0.25, 0.3) is 11.8 Å². The molecule has 2 atom stereocenters. The molecule has 0 saturated carbocycles. The fourth-order valence-corrected chi connectivity index (χ4v) is 3.97. The van der Waals surface area contributed by atoms with Crippen molar-refractivity contribution in [2.75, 3.05) is 13.1 Å². The second kappa shape index (κ2) is 11.1. The first kappa shape index (κ1) is 24.4. The van der Waals surface area contributed by atoms with Crippen molar-refractivity contribution in [2.45, 2.75) is 52.1 Å². The molecule has 6 nitrogen and oxygen atoms in total. The van der Waals surface area contributed by atoms with Gasteiger partial charge in [-0.25, -0.2) is 4.39 Å². The molecule has 1 saturated heterocycles. The van der Waals surface area contributed by atoms with E-state index in [9.17, 15) is 18.8 Å². The topological polar surface area (TPSA) is 78.5 Å². The zero-order valence-corrected chi connectivity index (χ0v) is 19.4. The Morgan fingerprint density at radius 1 is 0.970 bits per heavy atom. The highest BCUT2D eigenvalue weighted by Crippen LogP contribution is 2.23. The Morgan fingerprint density at radius 3 is 2.12 bits per heavy atom. The molecule has 1 aliphatic heterocycles. The zero-order valence-electron chi connectivity index (χ0n) is 19.4. The van der Waals surface area contributed by atoms with Crippen LogP contribution in [0.1, 0.15) is 59.4 Å². The average Bonchev–Trinajstić information content (AvgIpc) is 2.82. The van der Waals surface area contributed by atoms with Crippen LogP contribution < -0.4 is 10.6 Å². The summed E-state index contributed by atoms with van der Waals surface area (Å²) < 4.78 is 13.2. The first-order valence-electron chi connectivity index (χ1n) is 11.5. The molecule has 0 bridgehead atoms. The Hall–Kier alpha value is -3.22. The lowest BCUT2D eigenvalue weighted by molar-refractivity contribution is -0.125. The van der Waals surface area contributed by atoms with Crippen molar-refractivity contribution in [3.63, 3.8) is 0 Å². The Labute approximate surface area is 194 Å². The summed E-state index contributed by atoms with van der Waals surface area (Å²) in [5.74, 6) is -1.12. The van der Waals surface area contributed by atoms with Gasteiger partial charge in [0.15, 0.2) is 0 Å². The minimum Gasteiger partial charge on any atom is -0.352 e. The number of piperidine rings is 1. The van der Waals surface area contributed by atoms with Crippen LogP contribution in [0.4, 0.5) is 4.39 Å². The minimum absolute atomic E-state index is 0.00331. The van der Waals surface area contributed by atoms with E-state index >= 15 is 0 Å². The van der Waals surface area contributed by atoms with Gasteiger partial charge >= 0.3 is 0 Å². The molecular weight excluding hydrogens is 421 g/mol. The molecule has 1 aliphatic rings. The number of likely N-dealkylation sites (tertiary alicyclic amines) is 1. The van der Waals surface area contributed by atoms with Crippen LogP contribution in [0.3, 0.4) is 0 Å². The second-order valence-electron chi connectivity index (χ2n) is 8.77. The first-order valence-corrected chi connectivity index (χ1v) is 11.5. The van der Waals surface area contributed by atoms with Crippen LogP contribution in [0, 0.1) is 18.7 Å². The van der Waals surface area contributed by atoms with Crippen LogP contribution in [0.5, 0.6) is 0 Å². The van der Waals surface area contributed by atoms with Gasteiger partial charge in [0.1, 0.15) is 11.9 Å². The van der Waals surface area contributed by atoms with Crippen molar-refractivity contribution in [2.24, 2.45) is 5.92 Å². The minimum atomic E-state index is -0.684. The summed E-state index contributed by atoms with van der Waals surface area (Å²) in [7, 11) is 0.